The summed E-state index contributed by atoms with van der Waals surface area (Å²) in [5, 5.41) is 0. The minimum absolute atomic E-state index is 0.0174. The van der Waals surface area contributed by atoms with Crippen LogP contribution in [-0.4, -0.2) is 23.9 Å². The summed E-state index contributed by atoms with van der Waals surface area (Å²) in [6, 6.07) is 13.0. The van der Waals surface area contributed by atoms with Crippen molar-refractivity contribution in [1.29, 1.82) is 0 Å². The topological polar surface area (TPSA) is 105 Å². The van der Waals surface area contributed by atoms with Gasteiger partial charge in [0, 0.05) is 40.0 Å². The van der Waals surface area contributed by atoms with E-state index in [1.807, 2.05) is 0 Å². The van der Waals surface area contributed by atoms with Crippen molar-refractivity contribution in [2.75, 3.05) is 0 Å². The fourth-order valence-corrected chi connectivity index (χ4v) is 3.49. The highest BCUT2D eigenvalue weighted by atomic mass is 19.1. The van der Waals surface area contributed by atoms with Gasteiger partial charge in [-0.25, -0.2) is 23.6 Å². The molecule has 0 bridgehead atoms. The number of ether oxygens (including phenoxy) is 4. The van der Waals surface area contributed by atoms with E-state index >= 15 is 4.39 Å². The van der Waals surface area contributed by atoms with Crippen molar-refractivity contribution in [1.82, 2.24) is 0 Å². The summed E-state index contributed by atoms with van der Waals surface area (Å²) in [6.45, 7) is 20.1. The molecule has 3 rings (SSSR count). The molecule has 230 valence electrons. The van der Waals surface area contributed by atoms with Crippen molar-refractivity contribution in [2.24, 2.45) is 0 Å². The Morgan fingerprint density at radius 3 is 1.24 bits per heavy atom. The molecule has 0 aromatic heterocycles. The molecule has 9 heteroatoms. The van der Waals surface area contributed by atoms with Gasteiger partial charge >= 0.3 is 23.9 Å². The maximum atomic E-state index is 15.5. The SMILES string of the molecule is C=C(C)C(=O)Oc1cc(/C=C/c2ccc(-c3cc(OC(=O)C(=C)C)cc(OC(=O)C(=C)C)c3)c(F)c2)cc(OC(=O)C(=C)C)c1. The molecule has 0 spiro atoms. The van der Waals surface area contributed by atoms with E-state index in [0.717, 1.165) is 0 Å². The van der Waals surface area contributed by atoms with E-state index < -0.39 is 29.7 Å². The van der Waals surface area contributed by atoms with Gasteiger partial charge in [-0.05, 0) is 74.7 Å². The summed E-state index contributed by atoms with van der Waals surface area (Å²) in [7, 11) is 0. The van der Waals surface area contributed by atoms with Gasteiger partial charge in [0.25, 0.3) is 0 Å². The van der Waals surface area contributed by atoms with E-state index in [1.54, 1.807) is 18.2 Å². The van der Waals surface area contributed by atoms with Gasteiger partial charge in [0.2, 0.25) is 0 Å². The van der Waals surface area contributed by atoms with Crippen molar-refractivity contribution in [3.8, 4) is 34.1 Å². The quantitative estimate of drug-likeness (QED) is 0.0947. The largest absolute Gasteiger partial charge is 0.423 e. The Morgan fingerprint density at radius 2 is 0.889 bits per heavy atom. The highest BCUT2D eigenvalue weighted by molar-refractivity contribution is 5.91. The Balaban J connectivity index is 1.97. The standard InChI is InChI=1S/C36H31FO8/c1-20(2)33(38)42-27-13-25(14-28(18-27)43-34(39)21(3)4)10-9-24-11-12-31(32(37)15-24)26-16-29(44-35(40)22(5)6)19-30(17-26)45-36(41)23(7)8/h9-19H,1,3,5,7H2,2,4,6,8H3/b10-9+. The number of hydrogen-bond acceptors (Lipinski definition) is 8. The van der Waals surface area contributed by atoms with Crippen molar-refractivity contribution in [3.05, 3.63) is 120 Å². The third kappa shape index (κ3) is 9.59. The zero-order valence-corrected chi connectivity index (χ0v) is 25.3. The summed E-state index contributed by atoms with van der Waals surface area (Å²) in [6.07, 6.45) is 3.21. The first kappa shape index (κ1) is 33.7. The molecule has 0 aliphatic heterocycles. The molecule has 0 aliphatic rings. The molecule has 3 aromatic rings. The number of carbonyl (C=O) groups excluding carboxylic acids is 4. The van der Waals surface area contributed by atoms with E-state index in [9.17, 15) is 19.2 Å². The second-order valence-electron chi connectivity index (χ2n) is 10.2. The molecule has 0 heterocycles. The molecule has 0 atom stereocenters. The lowest BCUT2D eigenvalue weighted by molar-refractivity contribution is -0.131. The van der Waals surface area contributed by atoms with Gasteiger partial charge in [0.1, 0.15) is 28.8 Å². The van der Waals surface area contributed by atoms with Gasteiger partial charge in [-0.2, -0.15) is 0 Å². The van der Waals surface area contributed by atoms with Gasteiger partial charge in [-0.3, -0.25) is 0 Å². The molecule has 0 unspecified atom stereocenters. The van der Waals surface area contributed by atoms with Crippen LogP contribution >= 0.6 is 0 Å². The molecule has 0 amide bonds. The summed E-state index contributed by atoms with van der Waals surface area (Å²) < 4.78 is 36.7. The average molecular weight is 611 g/mol. The van der Waals surface area contributed by atoms with Crippen LogP contribution in [0.1, 0.15) is 38.8 Å². The number of esters is 4. The summed E-state index contributed by atoms with van der Waals surface area (Å²) in [5.74, 6) is -3.13. The first-order valence-electron chi connectivity index (χ1n) is 13.4. The second kappa shape index (κ2) is 14.6. The van der Waals surface area contributed by atoms with Gasteiger partial charge in [-0.1, -0.05) is 50.6 Å². The maximum absolute atomic E-state index is 15.5. The molecule has 45 heavy (non-hydrogen) atoms. The molecular formula is C36H31FO8. The average Bonchev–Trinajstić information content (AvgIpc) is 2.95. The van der Waals surface area contributed by atoms with Gasteiger partial charge in [-0.15, -0.1) is 0 Å². The fourth-order valence-electron chi connectivity index (χ4n) is 3.49. The van der Waals surface area contributed by atoms with E-state index in [2.05, 4.69) is 26.3 Å². The van der Waals surface area contributed by atoms with Crippen LogP contribution in [0.15, 0.2) is 103 Å². The van der Waals surface area contributed by atoms with Crippen molar-refractivity contribution >= 4 is 36.0 Å². The van der Waals surface area contributed by atoms with Crippen molar-refractivity contribution in [3.63, 3.8) is 0 Å². The zero-order chi connectivity index (χ0) is 33.4. The molecule has 3 aromatic carbocycles. The molecule has 0 aliphatic carbocycles. The molecule has 0 N–H and O–H groups in total. The highest BCUT2D eigenvalue weighted by Gasteiger charge is 2.15. The third-order valence-electron chi connectivity index (χ3n) is 5.79. The van der Waals surface area contributed by atoms with Crippen LogP contribution in [0.4, 0.5) is 4.39 Å². The van der Waals surface area contributed by atoms with E-state index in [4.69, 9.17) is 18.9 Å². The van der Waals surface area contributed by atoms with Crippen LogP contribution in [0.5, 0.6) is 23.0 Å². The number of halogens is 1. The van der Waals surface area contributed by atoms with Crippen LogP contribution in [0.25, 0.3) is 23.3 Å². The Kier molecular flexibility index (Phi) is 10.9. The summed E-state index contributed by atoms with van der Waals surface area (Å²) in [4.78, 5) is 48.4. The molecular weight excluding hydrogens is 579 g/mol. The Hall–Kier alpha value is -5.83. The predicted octanol–water partition coefficient (Wildman–Crippen LogP) is 7.59. The van der Waals surface area contributed by atoms with Crippen LogP contribution in [0, 0.1) is 5.82 Å². The van der Waals surface area contributed by atoms with E-state index in [-0.39, 0.29) is 56.4 Å². The first-order chi connectivity index (χ1) is 21.1. The van der Waals surface area contributed by atoms with Crippen molar-refractivity contribution < 1.29 is 42.5 Å². The molecule has 0 fully saturated rings. The molecule has 0 saturated carbocycles. The smallest absolute Gasteiger partial charge is 0.338 e. The van der Waals surface area contributed by atoms with E-state index in [0.29, 0.717) is 11.1 Å². The third-order valence-corrected chi connectivity index (χ3v) is 5.79. The number of carbonyl (C=O) groups is 4. The fraction of sp³-hybridized carbons (Fsp3) is 0.111. The minimum Gasteiger partial charge on any atom is -0.423 e. The van der Waals surface area contributed by atoms with Gasteiger partial charge < -0.3 is 18.9 Å². The first-order valence-corrected chi connectivity index (χ1v) is 13.4. The van der Waals surface area contributed by atoms with Crippen molar-refractivity contribution in [2.45, 2.75) is 27.7 Å². The van der Waals surface area contributed by atoms with Gasteiger partial charge in [0.15, 0.2) is 0 Å². The second-order valence-corrected chi connectivity index (χ2v) is 10.2. The number of rotatable bonds is 11. The van der Waals surface area contributed by atoms with Crippen LogP contribution < -0.4 is 18.9 Å². The predicted molar refractivity (Wildman–Crippen MR) is 169 cm³/mol. The Morgan fingerprint density at radius 1 is 0.533 bits per heavy atom. The molecule has 8 nitrogen and oxygen atoms in total. The molecule has 0 saturated heterocycles. The molecule has 0 radical (unpaired) electrons. The normalized spacial score (nSPS) is 10.5. The number of benzene rings is 3. The Labute approximate surface area is 260 Å². The van der Waals surface area contributed by atoms with Crippen LogP contribution in [-0.2, 0) is 19.2 Å². The lowest BCUT2D eigenvalue weighted by Crippen LogP contribution is -2.10. The zero-order valence-electron chi connectivity index (χ0n) is 25.3. The number of hydrogen-bond donors (Lipinski definition) is 0. The summed E-state index contributed by atoms with van der Waals surface area (Å²) >= 11 is 0. The lowest BCUT2D eigenvalue weighted by Gasteiger charge is -2.12. The van der Waals surface area contributed by atoms with Gasteiger partial charge in [0.05, 0.1) is 0 Å². The van der Waals surface area contributed by atoms with Crippen LogP contribution in [0.3, 0.4) is 0 Å². The minimum atomic E-state index is -0.707. The summed E-state index contributed by atoms with van der Waals surface area (Å²) in [5.41, 5.74) is 1.98. The van der Waals surface area contributed by atoms with E-state index in [1.165, 1.54) is 76.2 Å². The maximum Gasteiger partial charge on any atom is 0.338 e. The monoisotopic (exact) mass is 610 g/mol. The lowest BCUT2D eigenvalue weighted by atomic mass is 10.0. The highest BCUT2D eigenvalue weighted by Crippen LogP contribution is 2.33. The van der Waals surface area contributed by atoms with Crippen LogP contribution in [0.2, 0.25) is 0 Å². The Bertz CT molecular complexity index is 1700.